The smallest absolute Gasteiger partial charge is 0.250 e. The molecule has 3 heteroatoms. The summed E-state index contributed by atoms with van der Waals surface area (Å²) in [4.78, 5) is 11.3. The first-order valence-electron chi connectivity index (χ1n) is 4.57. The number of hydrogen-bond donors (Lipinski definition) is 1. The molecule has 0 radical (unpaired) electrons. The van der Waals surface area contributed by atoms with Gasteiger partial charge >= 0.3 is 0 Å². The second-order valence-electron chi connectivity index (χ2n) is 3.21. The molecular weight excluding hydrogens is 164 g/mol. The molecule has 1 unspecified atom stereocenters. The molecule has 1 atom stereocenters. The molecule has 0 bridgehead atoms. The third kappa shape index (κ3) is 3.03. The maximum atomic E-state index is 11.3. The summed E-state index contributed by atoms with van der Waals surface area (Å²) in [6, 6.07) is 5.68. The molecule has 0 aromatic carbocycles. The summed E-state index contributed by atoms with van der Waals surface area (Å²) in [5, 5.41) is 3.14. The molecule has 13 heavy (non-hydrogen) atoms. The third-order valence-corrected chi connectivity index (χ3v) is 2.19. The van der Waals surface area contributed by atoms with E-state index in [4.69, 9.17) is 0 Å². The topological polar surface area (TPSA) is 34.0 Å². The minimum absolute atomic E-state index is 0.0748. The fourth-order valence-corrected chi connectivity index (χ4v) is 1.12. The van der Waals surface area contributed by atoms with Gasteiger partial charge in [-0.3, -0.25) is 4.79 Å². The molecule has 1 aromatic rings. The van der Waals surface area contributed by atoms with Crippen molar-refractivity contribution in [1.82, 2.24) is 9.88 Å². The number of hydrogen-bond acceptors (Lipinski definition) is 2. The van der Waals surface area contributed by atoms with Crippen molar-refractivity contribution in [3.05, 3.63) is 34.7 Å². The van der Waals surface area contributed by atoms with Gasteiger partial charge in [-0.05, 0) is 26.5 Å². The molecule has 0 aliphatic rings. The molecule has 0 fully saturated rings. The molecule has 0 amide bonds. The Balaban J connectivity index is 2.55. The Morgan fingerprint density at radius 3 is 2.92 bits per heavy atom. The Hall–Kier alpha value is -1.09. The van der Waals surface area contributed by atoms with Crippen LogP contribution in [0.4, 0.5) is 0 Å². The maximum Gasteiger partial charge on any atom is 0.250 e. The summed E-state index contributed by atoms with van der Waals surface area (Å²) in [6.07, 6.45) is 2.80. The molecule has 72 valence electrons. The predicted octanol–water partition coefficient (Wildman–Crippen LogP) is 0.846. The first-order chi connectivity index (χ1) is 6.24. The van der Waals surface area contributed by atoms with Crippen molar-refractivity contribution in [1.29, 1.82) is 0 Å². The van der Waals surface area contributed by atoms with Crippen molar-refractivity contribution >= 4 is 0 Å². The van der Waals surface area contributed by atoms with Gasteiger partial charge in [-0.2, -0.15) is 0 Å². The van der Waals surface area contributed by atoms with Crippen LogP contribution in [-0.2, 0) is 6.54 Å². The van der Waals surface area contributed by atoms with Crippen LogP contribution in [0.2, 0.25) is 0 Å². The molecular formula is C10H16N2O. The van der Waals surface area contributed by atoms with E-state index >= 15 is 0 Å². The van der Waals surface area contributed by atoms with Crippen LogP contribution in [-0.4, -0.2) is 17.7 Å². The Kier molecular flexibility index (Phi) is 3.71. The van der Waals surface area contributed by atoms with Gasteiger partial charge in [-0.25, -0.2) is 0 Å². The fraction of sp³-hybridized carbons (Fsp3) is 0.500. The van der Waals surface area contributed by atoms with Gasteiger partial charge in [0.25, 0.3) is 0 Å². The first-order valence-corrected chi connectivity index (χ1v) is 4.57. The van der Waals surface area contributed by atoms with Crippen molar-refractivity contribution in [3.63, 3.8) is 0 Å². The minimum atomic E-state index is 0.0748. The Bertz CT molecular complexity index is 306. The standard InChI is InChI=1S/C10H16N2O/c1-9(11-2)6-8-12-7-4-3-5-10(12)13/h3-5,7,9,11H,6,8H2,1-2H3. The van der Waals surface area contributed by atoms with E-state index in [1.165, 1.54) is 0 Å². The van der Waals surface area contributed by atoms with Crippen LogP contribution < -0.4 is 10.9 Å². The molecule has 0 aliphatic carbocycles. The average molecular weight is 180 g/mol. The van der Waals surface area contributed by atoms with E-state index < -0.39 is 0 Å². The van der Waals surface area contributed by atoms with E-state index in [1.54, 1.807) is 16.7 Å². The summed E-state index contributed by atoms with van der Waals surface area (Å²) in [6.45, 7) is 2.88. The van der Waals surface area contributed by atoms with Crippen molar-refractivity contribution in [2.45, 2.75) is 25.9 Å². The Labute approximate surface area is 78.4 Å². The van der Waals surface area contributed by atoms with Crippen LogP contribution in [0.3, 0.4) is 0 Å². The zero-order valence-corrected chi connectivity index (χ0v) is 8.16. The number of nitrogens with one attached hydrogen (secondary N) is 1. The quantitative estimate of drug-likeness (QED) is 0.745. The number of pyridine rings is 1. The second-order valence-corrected chi connectivity index (χ2v) is 3.21. The van der Waals surface area contributed by atoms with Crippen LogP contribution in [0.15, 0.2) is 29.2 Å². The monoisotopic (exact) mass is 180 g/mol. The van der Waals surface area contributed by atoms with Crippen LogP contribution in [0.25, 0.3) is 0 Å². The van der Waals surface area contributed by atoms with Crippen LogP contribution in [0, 0.1) is 0 Å². The number of rotatable bonds is 4. The number of nitrogens with zero attached hydrogens (tertiary/aromatic N) is 1. The van der Waals surface area contributed by atoms with Gasteiger partial charge in [0.2, 0.25) is 5.56 Å². The molecule has 0 saturated carbocycles. The molecule has 1 aromatic heterocycles. The lowest BCUT2D eigenvalue weighted by molar-refractivity contribution is 0.503. The van der Waals surface area contributed by atoms with Crippen molar-refractivity contribution < 1.29 is 0 Å². The highest BCUT2D eigenvalue weighted by atomic mass is 16.1. The lowest BCUT2D eigenvalue weighted by Crippen LogP contribution is -2.26. The van der Waals surface area contributed by atoms with Gasteiger partial charge in [-0.15, -0.1) is 0 Å². The Morgan fingerprint density at radius 2 is 2.31 bits per heavy atom. The van der Waals surface area contributed by atoms with Crippen molar-refractivity contribution in [2.75, 3.05) is 7.05 Å². The van der Waals surface area contributed by atoms with Crippen LogP contribution in [0.5, 0.6) is 0 Å². The molecule has 0 aliphatic heterocycles. The molecule has 1 rings (SSSR count). The molecule has 3 nitrogen and oxygen atoms in total. The first kappa shape index (κ1) is 9.99. The van der Waals surface area contributed by atoms with E-state index in [0.717, 1.165) is 13.0 Å². The van der Waals surface area contributed by atoms with Gasteiger partial charge in [0.15, 0.2) is 0 Å². The van der Waals surface area contributed by atoms with Gasteiger partial charge in [0.05, 0.1) is 0 Å². The number of aromatic nitrogens is 1. The van der Waals surface area contributed by atoms with E-state index in [2.05, 4.69) is 12.2 Å². The molecule has 1 N–H and O–H groups in total. The van der Waals surface area contributed by atoms with E-state index in [1.807, 2.05) is 19.3 Å². The summed E-state index contributed by atoms with van der Waals surface area (Å²) in [7, 11) is 1.93. The van der Waals surface area contributed by atoms with E-state index in [-0.39, 0.29) is 5.56 Å². The zero-order valence-electron chi connectivity index (χ0n) is 8.16. The molecule has 0 spiro atoms. The summed E-state index contributed by atoms with van der Waals surface area (Å²) >= 11 is 0. The fourth-order valence-electron chi connectivity index (χ4n) is 1.12. The van der Waals surface area contributed by atoms with Crippen LogP contribution >= 0.6 is 0 Å². The average Bonchev–Trinajstić information content (AvgIpc) is 2.16. The maximum absolute atomic E-state index is 11.3. The highest BCUT2D eigenvalue weighted by molar-refractivity contribution is 4.93. The van der Waals surface area contributed by atoms with Crippen molar-refractivity contribution in [3.8, 4) is 0 Å². The van der Waals surface area contributed by atoms with E-state index in [0.29, 0.717) is 6.04 Å². The largest absolute Gasteiger partial charge is 0.317 e. The van der Waals surface area contributed by atoms with Gasteiger partial charge < -0.3 is 9.88 Å². The van der Waals surface area contributed by atoms with Crippen LogP contribution in [0.1, 0.15) is 13.3 Å². The van der Waals surface area contributed by atoms with E-state index in [9.17, 15) is 4.79 Å². The number of aryl methyl sites for hydroxylation is 1. The van der Waals surface area contributed by atoms with Gasteiger partial charge in [0, 0.05) is 24.8 Å². The highest BCUT2D eigenvalue weighted by Gasteiger charge is 1.98. The minimum Gasteiger partial charge on any atom is -0.317 e. The zero-order chi connectivity index (χ0) is 9.68. The highest BCUT2D eigenvalue weighted by Crippen LogP contribution is 1.92. The summed E-state index contributed by atoms with van der Waals surface area (Å²) in [5.74, 6) is 0. The summed E-state index contributed by atoms with van der Waals surface area (Å²) in [5.41, 5.74) is 0.0748. The summed E-state index contributed by atoms with van der Waals surface area (Å²) < 4.78 is 1.73. The third-order valence-electron chi connectivity index (χ3n) is 2.19. The Morgan fingerprint density at radius 1 is 1.54 bits per heavy atom. The second kappa shape index (κ2) is 4.82. The lowest BCUT2D eigenvalue weighted by atomic mass is 10.2. The lowest BCUT2D eigenvalue weighted by Gasteiger charge is -2.10. The van der Waals surface area contributed by atoms with Gasteiger partial charge in [0.1, 0.15) is 0 Å². The SMILES string of the molecule is CNC(C)CCn1ccccc1=O. The normalized spacial score (nSPS) is 12.8. The predicted molar refractivity (Wildman–Crippen MR) is 53.8 cm³/mol. The van der Waals surface area contributed by atoms with Crippen molar-refractivity contribution in [2.24, 2.45) is 0 Å². The molecule has 1 heterocycles. The van der Waals surface area contributed by atoms with Gasteiger partial charge in [-0.1, -0.05) is 6.07 Å². The molecule has 0 saturated heterocycles.